The molecule has 84 valence electrons. The highest BCUT2D eigenvalue weighted by molar-refractivity contribution is 9.10. The quantitative estimate of drug-likeness (QED) is 0.717. The van der Waals surface area contributed by atoms with E-state index in [9.17, 15) is 0 Å². The van der Waals surface area contributed by atoms with Gasteiger partial charge in [0.25, 0.3) is 0 Å². The van der Waals surface area contributed by atoms with E-state index >= 15 is 0 Å². The van der Waals surface area contributed by atoms with Crippen LogP contribution in [0.3, 0.4) is 0 Å². The maximum absolute atomic E-state index is 5.33. The van der Waals surface area contributed by atoms with Crippen LogP contribution in [0.15, 0.2) is 16.9 Å². The summed E-state index contributed by atoms with van der Waals surface area (Å²) >= 11 is 3.25. The van der Waals surface area contributed by atoms with Gasteiger partial charge in [-0.1, -0.05) is 13.3 Å². The molecule has 0 aliphatic rings. The van der Waals surface area contributed by atoms with Crippen LogP contribution in [0.2, 0.25) is 0 Å². The van der Waals surface area contributed by atoms with Gasteiger partial charge in [0.05, 0.1) is 11.1 Å². The third-order valence-electron chi connectivity index (χ3n) is 1.70. The lowest BCUT2D eigenvalue weighted by Gasteiger charge is -2.04. The first-order chi connectivity index (χ1) is 7.33. The van der Waals surface area contributed by atoms with E-state index in [-0.39, 0.29) is 0 Å². The Labute approximate surface area is 98.2 Å². The van der Waals surface area contributed by atoms with E-state index in [1.807, 2.05) is 0 Å². The molecule has 0 atom stereocenters. The fourth-order valence-corrected chi connectivity index (χ4v) is 1.12. The highest BCUT2D eigenvalue weighted by atomic mass is 79.9. The van der Waals surface area contributed by atoms with Crippen LogP contribution >= 0.6 is 15.9 Å². The molecule has 0 saturated heterocycles. The molecule has 0 aliphatic carbocycles. The average molecular weight is 275 g/mol. The van der Waals surface area contributed by atoms with E-state index in [0.29, 0.717) is 19.2 Å². The van der Waals surface area contributed by atoms with Crippen molar-refractivity contribution in [3.63, 3.8) is 0 Å². The molecule has 1 aromatic rings. The molecule has 0 amide bonds. The van der Waals surface area contributed by atoms with E-state index in [1.165, 1.54) is 0 Å². The normalized spacial score (nSPS) is 10.3. The summed E-state index contributed by atoms with van der Waals surface area (Å²) in [5.41, 5.74) is 0. The number of nitrogens with zero attached hydrogens (tertiary/aromatic N) is 2. The van der Waals surface area contributed by atoms with Crippen molar-refractivity contribution < 1.29 is 9.47 Å². The van der Waals surface area contributed by atoms with Gasteiger partial charge in [0.2, 0.25) is 0 Å². The second kappa shape index (κ2) is 7.59. The predicted octanol–water partition coefficient (Wildman–Crippen LogP) is 2.43. The maximum Gasteiger partial charge on any atom is 0.316 e. The van der Waals surface area contributed by atoms with Crippen LogP contribution in [0.5, 0.6) is 6.01 Å². The van der Waals surface area contributed by atoms with Gasteiger partial charge in [0, 0.05) is 19.0 Å². The molecule has 5 heteroatoms. The second-order valence-corrected chi connectivity index (χ2v) is 3.91. The van der Waals surface area contributed by atoms with Gasteiger partial charge in [-0.2, -0.15) is 0 Å². The van der Waals surface area contributed by atoms with Gasteiger partial charge < -0.3 is 9.47 Å². The minimum Gasteiger partial charge on any atom is -0.461 e. The summed E-state index contributed by atoms with van der Waals surface area (Å²) in [7, 11) is 0. The van der Waals surface area contributed by atoms with Crippen LogP contribution in [-0.2, 0) is 4.74 Å². The molecule has 0 saturated carbocycles. The zero-order chi connectivity index (χ0) is 10.9. The minimum absolute atomic E-state index is 0.386. The highest BCUT2D eigenvalue weighted by Crippen LogP contribution is 2.07. The molecule has 4 nitrogen and oxygen atoms in total. The summed E-state index contributed by atoms with van der Waals surface area (Å²) < 4.78 is 11.4. The molecular formula is C10H15BrN2O2. The lowest BCUT2D eigenvalue weighted by molar-refractivity contribution is 0.0947. The van der Waals surface area contributed by atoms with E-state index in [0.717, 1.165) is 23.9 Å². The Kier molecular flexibility index (Phi) is 6.27. The zero-order valence-electron chi connectivity index (χ0n) is 8.78. The largest absolute Gasteiger partial charge is 0.461 e. The van der Waals surface area contributed by atoms with Gasteiger partial charge in [-0.3, -0.25) is 0 Å². The molecule has 0 aliphatic heterocycles. The van der Waals surface area contributed by atoms with Crippen molar-refractivity contribution in [1.82, 2.24) is 9.97 Å². The third-order valence-corrected chi connectivity index (χ3v) is 2.11. The van der Waals surface area contributed by atoms with Crippen LogP contribution < -0.4 is 4.74 Å². The standard InChI is InChI=1S/C10H15BrN2O2/c1-2-3-4-14-5-6-15-10-12-7-9(11)8-13-10/h7-8H,2-6H2,1H3. The Morgan fingerprint density at radius 3 is 2.60 bits per heavy atom. The topological polar surface area (TPSA) is 44.2 Å². The van der Waals surface area contributed by atoms with Crippen molar-refractivity contribution in [3.8, 4) is 6.01 Å². The predicted molar refractivity (Wildman–Crippen MR) is 61.0 cm³/mol. The van der Waals surface area contributed by atoms with Gasteiger partial charge in [0.15, 0.2) is 0 Å². The van der Waals surface area contributed by atoms with E-state index in [4.69, 9.17) is 9.47 Å². The highest BCUT2D eigenvalue weighted by Gasteiger charge is 1.96. The Bertz CT molecular complexity index is 267. The average Bonchev–Trinajstić information content (AvgIpc) is 2.26. The number of hydrogen-bond acceptors (Lipinski definition) is 4. The Morgan fingerprint density at radius 2 is 1.93 bits per heavy atom. The first-order valence-electron chi connectivity index (χ1n) is 5.01. The molecule has 15 heavy (non-hydrogen) atoms. The monoisotopic (exact) mass is 274 g/mol. The number of hydrogen-bond donors (Lipinski definition) is 0. The Balaban J connectivity index is 2.07. The summed E-state index contributed by atoms with van der Waals surface area (Å²) in [5, 5.41) is 0. The zero-order valence-corrected chi connectivity index (χ0v) is 10.4. The van der Waals surface area contributed by atoms with Crippen molar-refractivity contribution in [2.24, 2.45) is 0 Å². The second-order valence-electron chi connectivity index (χ2n) is 3.00. The maximum atomic E-state index is 5.33. The number of aromatic nitrogens is 2. The number of halogens is 1. The number of ether oxygens (including phenoxy) is 2. The van der Waals surface area contributed by atoms with Crippen molar-refractivity contribution >= 4 is 15.9 Å². The van der Waals surface area contributed by atoms with Crippen molar-refractivity contribution in [1.29, 1.82) is 0 Å². The van der Waals surface area contributed by atoms with Crippen LogP contribution in [0.25, 0.3) is 0 Å². The van der Waals surface area contributed by atoms with Gasteiger partial charge in [0.1, 0.15) is 6.61 Å². The van der Waals surface area contributed by atoms with Crippen molar-refractivity contribution in [2.45, 2.75) is 19.8 Å². The molecule has 0 bridgehead atoms. The van der Waals surface area contributed by atoms with Gasteiger partial charge in [-0.05, 0) is 22.4 Å². The summed E-state index contributed by atoms with van der Waals surface area (Å²) in [5.74, 6) is 0. The van der Waals surface area contributed by atoms with E-state index in [2.05, 4.69) is 32.8 Å². The summed E-state index contributed by atoms with van der Waals surface area (Å²) in [6.07, 6.45) is 5.55. The Morgan fingerprint density at radius 1 is 1.20 bits per heavy atom. The summed E-state index contributed by atoms with van der Waals surface area (Å²) in [4.78, 5) is 7.95. The molecular weight excluding hydrogens is 260 g/mol. The summed E-state index contributed by atoms with van der Waals surface area (Å²) in [6.45, 7) is 4.00. The molecule has 1 aromatic heterocycles. The number of rotatable bonds is 7. The van der Waals surface area contributed by atoms with Crippen LogP contribution in [0.1, 0.15) is 19.8 Å². The fraction of sp³-hybridized carbons (Fsp3) is 0.600. The third kappa shape index (κ3) is 5.69. The SMILES string of the molecule is CCCCOCCOc1ncc(Br)cn1. The summed E-state index contributed by atoms with van der Waals surface area (Å²) in [6, 6.07) is 0.386. The molecule has 0 N–H and O–H groups in total. The van der Waals surface area contributed by atoms with Crippen molar-refractivity contribution in [2.75, 3.05) is 19.8 Å². The first-order valence-corrected chi connectivity index (χ1v) is 5.80. The molecule has 0 radical (unpaired) electrons. The molecule has 0 unspecified atom stereocenters. The number of unbranched alkanes of at least 4 members (excludes halogenated alkanes) is 1. The molecule has 1 rings (SSSR count). The molecule has 0 fully saturated rings. The van der Waals surface area contributed by atoms with Gasteiger partial charge in [-0.25, -0.2) is 9.97 Å². The van der Waals surface area contributed by atoms with Crippen molar-refractivity contribution in [3.05, 3.63) is 16.9 Å². The van der Waals surface area contributed by atoms with Gasteiger partial charge in [-0.15, -0.1) is 0 Å². The minimum atomic E-state index is 0.386. The van der Waals surface area contributed by atoms with Crippen LogP contribution in [0.4, 0.5) is 0 Å². The fourth-order valence-electron chi connectivity index (χ4n) is 0.915. The first kappa shape index (κ1) is 12.4. The Hall–Kier alpha value is -0.680. The smallest absolute Gasteiger partial charge is 0.316 e. The lowest BCUT2D eigenvalue weighted by atomic mass is 10.4. The molecule has 1 heterocycles. The van der Waals surface area contributed by atoms with E-state index < -0.39 is 0 Å². The van der Waals surface area contributed by atoms with Gasteiger partial charge >= 0.3 is 6.01 Å². The lowest BCUT2D eigenvalue weighted by Crippen LogP contribution is -2.08. The van der Waals surface area contributed by atoms with E-state index in [1.54, 1.807) is 12.4 Å². The van der Waals surface area contributed by atoms with Crippen LogP contribution in [-0.4, -0.2) is 29.8 Å². The van der Waals surface area contributed by atoms with Crippen LogP contribution in [0, 0.1) is 0 Å². The molecule has 0 spiro atoms. The molecule has 0 aromatic carbocycles.